The maximum absolute atomic E-state index is 10.2. The third kappa shape index (κ3) is 5.56. The van der Waals surface area contributed by atoms with Gasteiger partial charge in [-0.3, -0.25) is 4.79 Å². The van der Waals surface area contributed by atoms with Crippen LogP contribution in [0.25, 0.3) is 0 Å². The van der Waals surface area contributed by atoms with Gasteiger partial charge < -0.3 is 14.8 Å². The molecule has 0 radical (unpaired) electrons. The molecule has 0 spiro atoms. The smallest absolute Gasteiger partial charge is 0.303 e. The molecule has 1 heterocycles. The summed E-state index contributed by atoms with van der Waals surface area (Å²) in [6.07, 6.45) is 2.79. The first-order chi connectivity index (χ1) is 7.68. The first-order valence-corrected chi connectivity index (χ1v) is 5.66. The second-order valence-electron chi connectivity index (χ2n) is 3.86. The Labute approximate surface area is 95.7 Å². The van der Waals surface area contributed by atoms with Crippen molar-refractivity contribution in [1.29, 1.82) is 0 Å². The third-order valence-corrected chi connectivity index (χ3v) is 2.34. The minimum atomic E-state index is -0.717. The SMILES string of the molecule is Cc1ccc(CCNCCCCC(=O)O)o1. The third-order valence-electron chi connectivity index (χ3n) is 2.34. The number of hydrogen-bond donors (Lipinski definition) is 2. The molecule has 2 N–H and O–H groups in total. The number of carboxylic acid groups (broad SMARTS) is 1. The monoisotopic (exact) mass is 225 g/mol. The zero-order valence-electron chi connectivity index (χ0n) is 9.66. The van der Waals surface area contributed by atoms with Crippen molar-refractivity contribution in [3.05, 3.63) is 23.7 Å². The standard InChI is InChI=1S/C12H19NO3/c1-10-5-6-11(16-10)7-9-13-8-3-2-4-12(14)15/h5-6,13H,2-4,7-9H2,1H3,(H,14,15). The molecule has 0 aliphatic carbocycles. The number of unbranched alkanes of at least 4 members (excludes halogenated alkanes) is 1. The van der Waals surface area contributed by atoms with E-state index in [1.165, 1.54) is 0 Å². The number of carbonyl (C=O) groups is 1. The van der Waals surface area contributed by atoms with Crippen molar-refractivity contribution < 1.29 is 14.3 Å². The van der Waals surface area contributed by atoms with Crippen LogP contribution in [0.2, 0.25) is 0 Å². The average Bonchev–Trinajstić information content (AvgIpc) is 2.62. The molecular weight excluding hydrogens is 206 g/mol. The Morgan fingerprint density at radius 3 is 2.81 bits per heavy atom. The predicted octanol–water partition coefficient (Wildman–Crippen LogP) is 1.98. The highest BCUT2D eigenvalue weighted by atomic mass is 16.4. The topological polar surface area (TPSA) is 62.5 Å². The van der Waals surface area contributed by atoms with Gasteiger partial charge in [-0.1, -0.05) is 0 Å². The highest BCUT2D eigenvalue weighted by molar-refractivity contribution is 5.66. The van der Waals surface area contributed by atoms with E-state index in [9.17, 15) is 4.79 Å². The number of aliphatic carboxylic acids is 1. The van der Waals surface area contributed by atoms with E-state index in [4.69, 9.17) is 9.52 Å². The molecule has 0 aliphatic heterocycles. The van der Waals surface area contributed by atoms with Gasteiger partial charge in [0, 0.05) is 19.4 Å². The largest absolute Gasteiger partial charge is 0.481 e. The van der Waals surface area contributed by atoms with E-state index in [0.29, 0.717) is 0 Å². The Morgan fingerprint density at radius 1 is 1.38 bits per heavy atom. The second kappa shape index (κ2) is 7.06. The molecule has 4 heteroatoms. The second-order valence-corrected chi connectivity index (χ2v) is 3.86. The van der Waals surface area contributed by atoms with Gasteiger partial charge in [-0.2, -0.15) is 0 Å². The molecule has 0 amide bonds. The summed E-state index contributed by atoms with van der Waals surface area (Å²) in [6, 6.07) is 3.95. The molecule has 0 bridgehead atoms. The van der Waals surface area contributed by atoms with Crippen LogP contribution >= 0.6 is 0 Å². The average molecular weight is 225 g/mol. The quantitative estimate of drug-likeness (QED) is 0.664. The zero-order chi connectivity index (χ0) is 11.8. The van der Waals surface area contributed by atoms with Crippen molar-refractivity contribution in [1.82, 2.24) is 5.32 Å². The zero-order valence-corrected chi connectivity index (χ0v) is 9.66. The van der Waals surface area contributed by atoms with Crippen LogP contribution in [0.15, 0.2) is 16.5 Å². The highest BCUT2D eigenvalue weighted by Crippen LogP contribution is 2.05. The van der Waals surface area contributed by atoms with E-state index >= 15 is 0 Å². The summed E-state index contributed by atoms with van der Waals surface area (Å²) >= 11 is 0. The van der Waals surface area contributed by atoms with Crippen molar-refractivity contribution in [2.24, 2.45) is 0 Å². The van der Waals surface area contributed by atoms with E-state index in [1.54, 1.807) is 0 Å². The molecule has 0 atom stereocenters. The lowest BCUT2D eigenvalue weighted by Crippen LogP contribution is -2.18. The number of aryl methyl sites for hydroxylation is 1. The Kier molecular flexibility index (Phi) is 5.64. The number of nitrogens with one attached hydrogen (secondary N) is 1. The van der Waals surface area contributed by atoms with Gasteiger partial charge in [0.25, 0.3) is 0 Å². The summed E-state index contributed by atoms with van der Waals surface area (Å²) in [5, 5.41) is 11.7. The molecule has 16 heavy (non-hydrogen) atoms. The molecular formula is C12H19NO3. The highest BCUT2D eigenvalue weighted by Gasteiger charge is 1.98. The van der Waals surface area contributed by atoms with Crippen LogP contribution in [0.3, 0.4) is 0 Å². The van der Waals surface area contributed by atoms with Crippen molar-refractivity contribution >= 4 is 5.97 Å². The van der Waals surface area contributed by atoms with Gasteiger partial charge >= 0.3 is 5.97 Å². The summed E-state index contributed by atoms with van der Waals surface area (Å²) in [5.74, 6) is 1.22. The normalized spacial score (nSPS) is 10.6. The fourth-order valence-corrected chi connectivity index (χ4v) is 1.48. The van der Waals surface area contributed by atoms with Crippen LogP contribution in [-0.4, -0.2) is 24.2 Å². The summed E-state index contributed by atoms with van der Waals surface area (Å²) < 4.78 is 5.42. The van der Waals surface area contributed by atoms with Gasteiger partial charge in [0.05, 0.1) is 0 Å². The van der Waals surface area contributed by atoms with E-state index in [0.717, 1.165) is 43.9 Å². The van der Waals surface area contributed by atoms with Crippen LogP contribution < -0.4 is 5.32 Å². The van der Waals surface area contributed by atoms with Gasteiger partial charge in [-0.05, 0) is 38.4 Å². The van der Waals surface area contributed by atoms with Gasteiger partial charge in [-0.15, -0.1) is 0 Å². The van der Waals surface area contributed by atoms with Crippen LogP contribution in [0.1, 0.15) is 30.8 Å². The lowest BCUT2D eigenvalue weighted by molar-refractivity contribution is -0.137. The number of hydrogen-bond acceptors (Lipinski definition) is 3. The molecule has 0 saturated carbocycles. The van der Waals surface area contributed by atoms with Crippen molar-refractivity contribution in [3.8, 4) is 0 Å². The first kappa shape index (κ1) is 12.8. The lowest BCUT2D eigenvalue weighted by atomic mass is 10.2. The van der Waals surface area contributed by atoms with E-state index in [2.05, 4.69) is 5.32 Å². The van der Waals surface area contributed by atoms with Crippen LogP contribution in [-0.2, 0) is 11.2 Å². The summed E-state index contributed by atoms with van der Waals surface area (Å²) in [7, 11) is 0. The molecule has 1 aromatic rings. The van der Waals surface area contributed by atoms with Crippen molar-refractivity contribution in [2.75, 3.05) is 13.1 Å². The lowest BCUT2D eigenvalue weighted by Gasteiger charge is -2.02. The first-order valence-electron chi connectivity index (χ1n) is 5.66. The summed E-state index contributed by atoms with van der Waals surface area (Å²) in [4.78, 5) is 10.2. The molecule has 0 unspecified atom stereocenters. The maximum Gasteiger partial charge on any atom is 0.303 e. The molecule has 90 valence electrons. The van der Waals surface area contributed by atoms with Gasteiger partial charge in [0.2, 0.25) is 0 Å². The molecule has 1 rings (SSSR count). The minimum absolute atomic E-state index is 0.263. The number of furan rings is 1. The fraction of sp³-hybridized carbons (Fsp3) is 0.583. The Bertz CT molecular complexity index is 320. The molecule has 0 aromatic carbocycles. The number of carboxylic acids is 1. The van der Waals surface area contributed by atoms with E-state index in [1.807, 2.05) is 19.1 Å². The minimum Gasteiger partial charge on any atom is -0.481 e. The summed E-state index contributed by atoms with van der Waals surface area (Å²) in [5.41, 5.74) is 0. The van der Waals surface area contributed by atoms with Crippen LogP contribution in [0.5, 0.6) is 0 Å². The summed E-state index contributed by atoms with van der Waals surface area (Å²) in [6.45, 7) is 3.68. The molecule has 1 aromatic heterocycles. The fourth-order valence-electron chi connectivity index (χ4n) is 1.48. The maximum atomic E-state index is 10.2. The van der Waals surface area contributed by atoms with Crippen molar-refractivity contribution in [2.45, 2.75) is 32.6 Å². The molecule has 4 nitrogen and oxygen atoms in total. The molecule has 0 fully saturated rings. The Balaban J connectivity index is 1.94. The van der Waals surface area contributed by atoms with Crippen LogP contribution in [0.4, 0.5) is 0 Å². The Hall–Kier alpha value is -1.29. The predicted molar refractivity (Wildman–Crippen MR) is 61.5 cm³/mol. The van der Waals surface area contributed by atoms with Gasteiger partial charge in [0.15, 0.2) is 0 Å². The molecule has 0 aliphatic rings. The van der Waals surface area contributed by atoms with Crippen LogP contribution in [0, 0.1) is 6.92 Å². The van der Waals surface area contributed by atoms with Gasteiger partial charge in [-0.25, -0.2) is 0 Å². The Morgan fingerprint density at radius 2 is 2.19 bits per heavy atom. The number of rotatable bonds is 8. The molecule has 0 saturated heterocycles. The van der Waals surface area contributed by atoms with Gasteiger partial charge in [0.1, 0.15) is 11.5 Å². The van der Waals surface area contributed by atoms with Crippen molar-refractivity contribution in [3.63, 3.8) is 0 Å². The van der Waals surface area contributed by atoms with E-state index in [-0.39, 0.29) is 6.42 Å². The van der Waals surface area contributed by atoms with E-state index < -0.39 is 5.97 Å².